The first-order valence-corrected chi connectivity index (χ1v) is 23.0. The van der Waals surface area contributed by atoms with Crippen molar-refractivity contribution < 1.29 is 18.8 Å². The maximum absolute atomic E-state index is 15.1. The smallest absolute Gasteiger partial charge is 0.255 e. The average Bonchev–Trinajstić information content (AvgIpc) is 3.78. The number of benzene rings is 2. The van der Waals surface area contributed by atoms with Crippen molar-refractivity contribution in [2.45, 2.75) is 89.1 Å². The van der Waals surface area contributed by atoms with Crippen molar-refractivity contribution in [1.29, 1.82) is 0 Å². The SMILES string of the molecule is CN(CC1CCN(c2ncc([C@@H]3c4[nH]c5ccccc5c4CCN3CC(C)(C)F)cn2)CC1)C1CN(CC2CCN(c3ccc4c(c3)CN(C3CCC(=O)NC3=O)C4=O)CC2)C1. The molecule has 3 amide bonds. The van der Waals surface area contributed by atoms with Gasteiger partial charge in [0.1, 0.15) is 11.7 Å². The first kappa shape index (κ1) is 41.1. The zero-order chi connectivity index (χ0) is 42.7. The van der Waals surface area contributed by atoms with Crippen molar-refractivity contribution in [1.82, 2.24) is 39.9 Å². The largest absolute Gasteiger partial charge is 0.372 e. The van der Waals surface area contributed by atoms with Crippen LogP contribution in [0.1, 0.15) is 91.2 Å². The van der Waals surface area contributed by atoms with Crippen LogP contribution in [-0.4, -0.2) is 143 Å². The molecule has 6 aliphatic rings. The molecule has 14 heteroatoms. The molecule has 10 rings (SSSR count). The first-order valence-electron chi connectivity index (χ1n) is 23.0. The van der Waals surface area contributed by atoms with E-state index < -0.39 is 11.7 Å². The third-order valence-electron chi connectivity index (χ3n) is 14.7. The van der Waals surface area contributed by atoms with Gasteiger partial charge < -0.3 is 24.6 Å². The Morgan fingerprint density at radius 2 is 1.60 bits per heavy atom. The summed E-state index contributed by atoms with van der Waals surface area (Å²) in [4.78, 5) is 64.7. The third-order valence-corrected chi connectivity index (χ3v) is 14.7. The van der Waals surface area contributed by atoms with Crippen LogP contribution in [0.15, 0.2) is 54.9 Å². The van der Waals surface area contributed by atoms with Crippen molar-refractivity contribution >= 4 is 40.3 Å². The molecule has 328 valence electrons. The number of carbonyl (C=O) groups is 3. The predicted octanol–water partition coefficient (Wildman–Crippen LogP) is 5.16. The molecule has 0 spiro atoms. The molecule has 13 nitrogen and oxygen atoms in total. The molecule has 2 aromatic carbocycles. The number of aromatic amines is 1. The molecule has 0 aliphatic carbocycles. The Hall–Kier alpha value is -4.92. The summed E-state index contributed by atoms with van der Waals surface area (Å²) < 4.78 is 15.1. The minimum absolute atomic E-state index is 0.118. The van der Waals surface area contributed by atoms with Gasteiger partial charge in [0, 0.05) is 130 Å². The van der Waals surface area contributed by atoms with E-state index >= 15 is 4.39 Å². The second kappa shape index (κ2) is 16.7. The van der Waals surface area contributed by atoms with Gasteiger partial charge in [-0.2, -0.15) is 0 Å². The maximum atomic E-state index is 15.1. The summed E-state index contributed by atoms with van der Waals surface area (Å²) in [6.45, 7) is 13.3. The van der Waals surface area contributed by atoms with E-state index in [2.05, 4.69) is 78.2 Å². The number of nitrogens with zero attached hydrogens (tertiary/aromatic N) is 8. The molecular formula is C48H61FN10O3. The van der Waals surface area contributed by atoms with Crippen molar-refractivity contribution in [2.75, 3.05) is 82.3 Å². The summed E-state index contributed by atoms with van der Waals surface area (Å²) in [6.07, 6.45) is 10.0. The predicted molar refractivity (Wildman–Crippen MR) is 238 cm³/mol. The lowest BCUT2D eigenvalue weighted by molar-refractivity contribution is -0.136. The van der Waals surface area contributed by atoms with E-state index in [0.29, 0.717) is 43.0 Å². The summed E-state index contributed by atoms with van der Waals surface area (Å²) in [5, 5.41) is 3.64. The van der Waals surface area contributed by atoms with Crippen molar-refractivity contribution in [3.63, 3.8) is 0 Å². The van der Waals surface area contributed by atoms with E-state index in [1.165, 1.54) is 10.9 Å². The minimum atomic E-state index is -1.32. The van der Waals surface area contributed by atoms with Gasteiger partial charge in [0.25, 0.3) is 5.91 Å². The number of halogens is 1. The third kappa shape index (κ3) is 8.21. The summed E-state index contributed by atoms with van der Waals surface area (Å²) in [6, 6.07) is 14.5. The van der Waals surface area contributed by atoms with Gasteiger partial charge in [0.15, 0.2) is 0 Å². The molecule has 8 heterocycles. The summed E-state index contributed by atoms with van der Waals surface area (Å²) >= 11 is 0. The molecule has 2 atom stereocenters. The molecule has 2 N–H and O–H groups in total. The summed E-state index contributed by atoms with van der Waals surface area (Å²) in [5.41, 5.74) is 6.04. The molecule has 4 saturated heterocycles. The topological polar surface area (TPSA) is 124 Å². The number of H-pyrrole nitrogens is 1. The van der Waals surface area contributed by atoms with E-state index in [4.69, 9.17) is 9.97 Å². The van der Waals surface area contributed by atoms with Crippen LogP contribution in [0, 0.1) is 11.8 Å². The quantitative estimate of drug-likeness (QED) is 0.196. The Balaban J connectivity index is 0.665. The van der Waals surface area contributed by atoms with Crippen LogP contribution in [-0.2, 0) is 22.6 Å². The number of alkyl halides is 1. The Kier molecular flexibility index (Phi) is 11.0. The maximum Gasteiger partial charge on any atom is 0.255 e. The van der Waals surface area contributed by atoms with Crippen LogP contribution in [0.2, 0.25) is 0 Å². The van der Waals surface area contributed by atoms with E-state index in [9.17, 15) is 14.4 Å². The lowest BCUT2D eigenvalue weighted by atomic mass is 9.92. The number of hydrogen-bond acceptors (Lipinski definition) is 10. The highest BCUT2D eigenvalue weighted by atomic mass is 19.1. The second-order valence-corrected chi connectivity index (χ2v) is 19.6. The van der Waals surface area contributed by atoms with Gasteiger partial charge in [-0.3, -0.25) is 29.5 Å². The number of likely N-dealkylation sites (tertiary alicyclic amines) is 1. The Morgan fingerprint density at radius 1 is 0.871 bits per heavy atom. The van der Waals surface area contributed by atoms with Crippen LogP contribution in [0.25, 0.3) is 10.9 Å². The van der Waals surface area contributed by atoms with Gasteiger partial charge in [0.2, 0.25) is 17.8 Å². The fraction of sp³-hybridized carbons (Fsp3) is 0.562. The number of nitrogens with one attached hydrogen (secondary N) is 2. The highest BCUT2D eigenvalue weighted by Crippen LogP contribution is 2.40. The zero-order valence-electron chi connectivity index (χ0n) is 36.5. The molecule has 4 fully saturated rings. The van der Waals surface area contributed by atoms with E-state index in [-0.39, 0.29) is 30.2 Å². The molecule has 62 heavy (non-hydrogen) atoms. The van der Waals surface area contributed by atoms with Crippen LogP contribution in [0.3, 0.4) is 0 Å². The second-order valence-electron chi connectivity index (χ2n) is 19.6. The molecule has 0 radical (unpaired) electrons. The van der Waals surface area contributed by atoms with Gasteiger partial charge in [-0.1, -0.05) is 18.2 Å². The average molecular weight is 845 g/mol. The normalized spacial score (nSPS) is 23.6. The number of amides is 3. The Bertz CT molecular complexity index is 2310. The zero-order valence-corrected chi connectivity index (χ0v) is 36.5. The number of likely N-dealkylation sites (N-methyl/N-ethyl adjacent to an activating group) is 1. The number of carbonyl (C=O) groups excluding carboxylic acids is 3. The number of para-hydroxylation sites is 1. The fourth-order valence-corrected chi connectivity index (χ4v) is 11.3. The lowest BCUT2D eigenvalue weighted by Crippen LogP contribution is -2.60. The monoisotopic (exact) mass is 844 g/mol. The summed E-state index contributed by atoms with van der Waals surface area (Å²) in [5.74, 6) is 1.38. The summed E-state index contributed by atoms with van der Waals surface area (Å²) in [7, 11) is 2.31. The number of piperidine rings is 3. The number of fused-ring (bicyclic) bond motifs is 4. The van der Waals surface area contributed by atoms with Gasteiger partial charge in [-0.05, 0) is 107 Å². The molecule has 2 aromatic heterocycles. The molecule has 0 bridgehead atoms. The van der Waals surface area contributed by atoms with E-state index in [0.717, 1.165) is 125 Å². The van der Waals surface area contributed by atoms with Crippen molar-refractivity contribution in [3.8, 4) is 0 Å². The van der Waals surface area contributed by atoms with Crippen LogP contribution in [0.4, 0.5) is 16.0 Å². The molecule has 4 aromatic rings. The molecule has 0 saturated carbocycles. The van der Waals surface area contributed by atoms with Gasteiger partial charge >= 0.3 is 0 Å². The Labute approximate surface area is 364 Å². The van der Waals surface area contributed by atoms with E-state index in [1.54, 1.807) is 18.7 Å². The first-order chi connectivity index (χ1) is 29.9. The fourth-order valence-electron chi connectivity index (χ4n) is 11.3. The van der Waals surface area contributed by atoms with Crippen molar-refractivity contribution in [3.05, 3.63) is 82.8 Å². The lowest BCUT2D eigenvalue weighted by Gasteiger charge is -2.47. The standard InChI is InChI=1S/C48H61FN10O3/c1-48(2,49)30-58-21-16-39-38-6-4-5-7-40(38)52-43(39)44(58)34-23-50-47(51-24-34)57-19-14-31(15-20-57)25-54(3)36-28-55(29-36)26-32-12-17-56(18-13-32)35-8-9-37-33(22-35)27-59(46(37)62)41-10-11-42(60)53-45(41)61/h4-9,22-24,31-32,36,41,44,52H,10-21,25-30H2,1-3H3,(H,53,60,61)/t41?,44-/m1/s1. The van der Waals surface area contributed by atoms with Gasteiger partial charge in [0.05, 0.1) is 6.04 Å². The highest BCUT2D eigenvalue weighted by Gasteiger charge is 2.40. The Morgan fingerprint density at radius 3 is 2.34 bits per heavy atom. The number of anilines is 2. The molecule has 6 aliphatic heterocycles. The van der Waals surface area contributed by atoms with Crippen LogP contribution >= 0.6 is 0 Å². The van der Waals surface area contributed by atoms with Crippen molar-refractivity contribution in [2.24, 2.45) is 11.8 Å². The number of imide groups is 1. The van der Waals surface area contributed by atoms with E-state index in [1.807, 2.05) is 18.5 Å². The molecule has 1 unspecified atom stereocenters. The van der Waals surface area contributed by atoms with Gasteiger partial charge in [-0.25, -0.2) is 14.4 Å². The number of aromatic nitrogens is 3. The van der Waals surface area contributed by atoms with Gasteiger partial charge in [-0.15, -0.1) is 0 Å². The van der Waals surface area contributed by atoms with Crippen LogP contribution < -0.4 is 15.1 Å². The highest BCUT2D eigenvalue weighted by molar-refractivity contribution is 6.05. The number of rotatable bonds is 11. The minimum Gasteiger partial charge on any atom is -0.372 e. The molecular weight excluding hydrogens is 784 g/mol. The number of hydrogen-bond donors (Lipinski definition) is 2. The van der Waals surface area contributed by atoms with Crippen LogP contribution in [0.5, 0.6) is 0 Å².